The zero-order chi connectivity index (χ0) is 12.3. The van der Waals surface area contributed by atoms with Gasteiger partial charge in [0.05, 0.1) is 0 Å². The van der Waals surface area contributed by atoms with Crippen LogP contribution in [-0.2, 0) is 0 Å². The van der Waals surface area contributed by atoms with Crippen LogP contribution in [0.5, 0.6) is 0 Å². The van der Waals surface area contributed by atoms with Crippen LogP contribution in [0.15, 0.2) is 22.7 Å². The van der Waals surface area contributed by atoms with Gasteiger partial charge in [-0.2, -0.15) is 0 Å². The van der Waals surface area contributed by atoms with Crippen molar-refractivity contribution in [2.75, 3.05) is 5.32 Å². The van der Waals surface area contributed by atoms with Gasteiger partial charge in [-0.3, -0.25) is 0 Å². The number of anilines is 1. The van der Waals surface area contributed by atoms with Crippen LogP contribution in [0.2, 0.25) is 5.02 Å². The first-order valence-corrected chi connectivity index (χ1v) is 7.54. The number of nitrogens with one attached hydrogen (secondary N) is 1. The average molecular weight is 317 g/mol. The summed E-state index contributed by atoms with van der Waals surface area (Å²) in [5.41, 5.74) is 1.16. The van der Waals surface area contributed by atoms with E-state index < -0.39 is 0 Å². The minimum absolute atomic E-state index is 0.609. The molecule has 0 amide bonds. The fourth-order valence-corrected chi connectivity index (χ4v) is 3.26. The van der Waals surface area contributed by atoms with E-state index in [2.05, 4.69) is 34.2 Å². The summed E-state index contributed by atoms with van der Waals surface area (Å²) in [4.78, 5) is 0. The van der Waals surface area contributed by atoms with E-state index in [0.29, 0.717) is 6.04 Å². The van der Waals surface area contributed by atoms with E-state index >= 15 is 0 Å². The molecule has 1 N–H and O–H groups in total. The van der Waals surface area contributed by atoms with Crippen molar-refractivity contribution in [1.82, 2.24) is 0 Å². The Labute approximate surface area is 117 Å². The highest BCUT2D eigenvalue weighted by atomic mass is 79.9. The summed E-state index contributed by atoms with van der Waals surface area (Å²) in [5.74, 6) is 0.885. The molecule has 0 aromatic heterocycles. The van der Waals surface area contributed by atoms with Gasteiger partial charge in [0.15, 0.2) is 0 Å². The van der Waals surface area contributed by atoms with Crippen LogP contribution in [-0.4, -0.2) is 6.04 Å². The molecule has 2 unspecified atom stereocenters. The standard InChI is InChI=1S/C14H19BrClN/c1-10-3-2-4-12(7-5-10)17-14-8-6-11(16)9-13(14)15/h6,8-10,12,17H,2-5,7H2,1H3. The molecule has 1 saturated carbocycles. The predicted molar refractivity (Wildman–Crippen MR) is 78.8 cm³/mol. The van der Waals surface area contributed by atoms with Gasteiger partial charge in [-0.15, -0.1) is 0 Å². The Kier molecular flexibility index (Phi) is 4.75. The van der Waals surface area contributed by atoms with Gasteiger partial charge < -0.3 is 5.32 Å². The summed E-state index contributed by atoms with van der Waals surface area (Å²) < 4.78 is 1.06. The lowest BCUT2D eigenvalue weighted by Gasteiger charge is -2.19. The van der Waals surface area contributed by atoms with Crippen molar-refractivity contribution in [1.29, 1.82) is 0 Å². The Morgan fingerprint density at radius 2 is 2.06 bits per heavy atom. The third-order valence-corrected chi connectivity index (χ3v) is 4.44. The Bertz CT molecular complexity index is 380. The molecule has 1 aliphatic carbocycles. The Morgan fingerprint density at radius 1 is 1.24 bits per heavy atom. The molecule has 2 rings (SSSR count). The predicted octanol–water partition coefficient (Wildman–Crippen LogP) is 5.48. The Balaban J connectivity index is 2.00. The number of halogens is 2. The molecule has 0 saturated heterocycles. The van der Waals surface area contributed by atoms with Crippen LogP contribution >= 0.6 is 27.5 Å². The maximum absolute atomic E-state index is 5.95. The molecule has 94 valence electrons. The van der Waals surface area contributed by atoms with Crippen LogP contribution in [0.3, 0.4) is 0 Å². The summed E-state index contributed by atoms with van der Waals surface area (Å²) in [7, 11) is 0. The number of hydrogen-bond donors (Lipinski definition) is 1. The van der Waals surface area contributed by atoms with Gasteiger partial charge in [0.2, 0.25) is 0 Å². The van der Waals surface area contributed by atoms with E-state index in [-0.39, 0.29) is 0 Å². The molecule has 0 radical (unpaired) electrons. The van der Waals surface area contributed by atoms with Crippen molar-refractivity contribution in [3.05, 3.63) is 27.7 Å². The Hall–Kier alpha value is -0.210. The van der Waals surface area contributed by atoms with Crippen LogP contribution in [0.25, 0.3) is 0 Å². The Morgan fingerprint density at radius 3 is 2.82 bits per heavy atom. The third kappa shape index (κ3) is 3.89. The largest absolute Gasteiger partial charge is 0.381 e. The first-order valence-electron chi connectivity index (χ1n) is 6.37. The van der Waals surface area contributed by atoms with Gasteiger partial charge in [0, 0.05) is 21.2 Å². The second kappa shape index (κ2) is 6.10. The van der Waals surface area contributed by atoms with Crippen molar-refractivity contribution < 1.29 is 0 Å². The third-order valence-electron chi connectivity index (χ3n) is 3.55. The number of hydrogen-bond acceptors (Lipinski definition) is 1. The van der Waals surface area contributed by atoms with E-state index in [0.717, 1.165) is 21.1 Å². The summed E-state index contributed by atoms with van der Waals surface area (Å²) in [6.07, 6.45) is 6.60. The zero-order valence-corrected chi connectivity index (χ0v) is 12.5. The van der Waals surface area contributed by atoms with Crippen molar-refractivity contribution in [2.24, 2.45) is 5.92 Å². The van der Waals surface area contributed by atoms with Gasteiger partial charge in [0.25, 0.3) is 0 Å². The molecular weight excluding hydrogens is 298 g/mol. The summed E-state index contributed by atoms with van der Waals surface area (Å²) in [5, 5.41) is 4.41. The first-order chi connectivity index (χ1) is 8.15. The minimum atomic E-state index is 0.609. The van der Waals surface area contributed by atoms with Crippen LogP contribution in [0.4, 0.5) is 5.69 Å². The van der Waals surface area contributed by atoms with Gasteiger partial charge in [-0.1, -0.05) is 31.4 Å². The van der Waals surface area contributed by atoms with Crippen molar-refractivity contribution in [2.45, 2.75) is 45.1 Å². The highest BCUT2D eigenvalue weighted by Crippen LogP contribution is 2.30. The molecule has 0 bridgehead atoms. The minimum Gasteiger partial charge on any atom is -0.381 e. The van der Waals surface area contributed by atoms with Gasteiger partial charge in [-0.25, -0.2) is 0 Å². The second-order valence-corrected chi connectivity index (χ2v) is 6.37. The second-order valence-electron chi connectivity index (χ2n) is 5.08. The van der Waals surface area contributed by atoms with E-state index in [9.17, 15) is 0 Å². The quantitative estimate of drug-likeness (QED) is 0.712. The van der Waals surface area contributed by atoms with Gasteiger partial charge >= 0.3 is 0 Å². The normalized spacial score (nSPS) is 25.4. The molecule has 0 aliphatic heterocycles. The number of rotatable bonds is 2. The highest BCUT2D eigenvalue weighted by Gasteiger charge is 2.16. The average Bonchev–Trinajstić information content (AvgIpc) is 2.48. The van der Waals surface area contributed by atoms with E-state index in [4.69, 9.17) is 11.6 Å². The van der Waals surface area contributed by atoms with Crippen LogP contribution < -0.4 is 5.32 Å². The summed E-state index contributed by atoms with van der Waals surface area (Å²) in [6, 6.07) is 6.55. The summed E-state index contributed by atoms with van der Waals surface area (Å²) >= 11 is 9.51. The van der Waals surface area contributed by atoms with E-state index in [1.165, 1.54) is 32.1 Å². The van der Waals surface area contributed by atoms with E-state index in [1.54, 1.807) is 0 Å². The van der Waals surface area contributed by atoms with Crippen molar-refractivity contribution >= 4 is 33.2 Å². The van der Waals surface area contributed by atoms with Crippen molar-refractivity contribution in [3.8, 4) is 0 Å². The molecule has 1 aliphatic rings. The monoisotopic (exact) mass is 315 g/mol. The van der Waals surface area contributed by atoms with E-state index in [1.807, 2.05) is 12.1 Å². The highest BCUT2D eigenvalue weighted by molar-refractivity contribution is 9.10. The maximum Gasteiger partial charge on any atom is 0.0487 e. The lowest BCUT2D eigenvalue weighted by atomic mass is 10.0. The van der Waals surface area contributed by atoms with Crippen LogP contribution in [0.1, 0.15) is 39.0 Å². The topological polar surface area (TPSA) is 12.0 Å². The molecule has 1 aromatic carbocycles. The maximum atomic E-state index is 5.95. The molecule has 1 aromatic rings. The lowest BCUT2D eigenvalue weighted by Crippen LogP contribution is -2.18. The molecule has 17 heavy (non-hydrogen) atoms. The SMILES string of the molecule is CC1CCCC(Nc2ccc(Cl)cc2Br)CC1. The fraction of sp³-hybridized carbons (Fsp3) is 0.571. The van der Waals surface area contributed by atoms with Gasteiger partial charge in [-0.05, 0) is 59.3 Å². The first kappa shape index (κ1) is 13.2. The zero-order valence-electron chi connectivity index (χ0n) is 10.2. The molecule has 1 nitrogen and oxygen atoms in total. The van der Waals surface area contributed by atoms with Crippen molar-refractivity contribution in [3.63, 3.8) is 0 Å². The number of benzene rings is 1. The smallest absolute Gasteiger partial charge is 0.0487 e. The lowest BCUT2D eigenvalue weighted by molar-refractivity contribution is 0.502. The van der Waals surface area contributed by atoms with Gasteiger partial charge in [0.1, 0.15) is 0 Å². The molecular formula is C14H19BrClN. The molecule has 3 heteroatoms. The summed E-state index contributed by atoms with van der Waals surface area (Å²) in [6.45, 7) is 2.36. The fourth-order valence-electron chi connectivity index (χ4n) is 2.46. The molecule has 2 atom stereocenters. The molecule has 0 heterocycles. The molecule has 1 fully saturated rings. The van der Waals surface area contributed by atoms with Crippen LogP contribution in [0, 0.1) is 5.92 Å². The molecule has 0 spiro atoms.